The number of hydrogen-bond donors (Lipinski definition) is 4. The van der Waals surface area contributed by atoms with E-state index in [-0.39, 0.29) is 29.9 Å². The molecule has 4 N–H and O–H groups in total. The number of likely N-dealkylation sites (tertiary alicyclic amines) is 1. The number of ether oxygens (including phenoxy) is 1. The Morgan fingerprint density at radius 2 is 1.53 bits per heavy atom. The number of fused-ring (bicyclic) bond motifs is 1. The van der Waals surface area contributed by atoms with E-state index in [9.17, 15) is 34.5 Å². The summed E-state index contributed by atoms with van der Waals surface area (Å²) in [4.78, 5) is 54.8. The van der Waals surface area contributed by atoms with Crippen LogP contribution in [0.15, 0.2) is 72.9 Å². The van der Waals surface area contributed by atoms with Gasteiger partial charge in [0.15, 0.2) is 6.29 Å². The number of carboxylic acids is 1. The zero-order valence-corrected chi connectivity index (χ0v) is 30.0. The Labute approximate surface area is 301 Å². The standard InChI is InChI=1S/C21H28N2O3.C18H26N2O5/c1-4-26-21(25)19(13-12-17-9-6-5-7-10-17)23-16(3)15(2)22-14-8-11-18(22)20(23)24;1-12(16(21)20-11-5-8-15(20)18(24)25)19-14(17(22)23)10-9-13-6-3-2-4-7-13/h5-7,9-10,16,18-19H,2,4,8,11-14H2,1,3H3;2-4,6-7,12,14-15,17,19,22-23H,5,8-11H2,1H3,(H,24,25)/t16-,18?,19-;12-,14?,15-/m00/s1. The number of aliphatic carboxylic acids is 1. The van der Waals surface area contributed by atoms with E-state index in [1.807, 2.05) is 67.6 Å². The molecule has 0 aliphatic carbocycles. The first kappa shape index (κ1) is 39.5. The summed E-state index contributed by atoms with van der Waals surface area (Å²) >= 11 is 0. The first-order chi connectivity index (χ1) is 24.4. The van der Waals surface area contributed by atoms with E-state index in [0.717, 1.165) is 42.6 Å². The molecule has 0 saturated carbocycles. The van der Waals surface area contributed by atoms with Crippen molar-refractivity contribution in [3.05, 3.63) is 84.1 Å². The van der Waals surface area contributed by atoms with Crippen molar-refractivity contribution in [1.82, 2.24) is 20.0 Å². The number of carboxylic acid groups (broad SMARTS) is 1. The van der Waals surface area contributed by atoms with Crippen LogP contribution in [0, 0.1) is 0 Å². The molecule has 278 valence electrons. The molecule has 0 bridgehead atoms. The lowest BCUT2D eigenvalue weighted by Crippen LogP contribution is -2.62. The third-order valence-corrected chi connectivity index (χ3v) is 10.1. The van der Waals surface area contributed by atoms with Gasteiger partial charge in [-0.15, -0.1) is 0 Å². The van der Waals surface area contributed by atoms with Crippen LogP contribution < -0.4 is 5.32 Å². The summed E-state index contributed by atoms with van der Waals surface area (Å²) in [5.41, 5.74) is 3.15. The molecule has 2 aromatic rings. The fourth-order valence-corrected chi connectivity index (χ4v) is 7.32. The second kappa shape index (κ2) is 18.8. The highest BCUT2D eigenvalue weighted by molar-refractivity contribution is 5.90. The molecule has 3 aliphatic rings. The molecule has 12 heteroatoms. The Bertz CT molecular complexity index is 1470. The molecule has 51 heavy (non-hydrogen) atoms. The van der Waals surface area contributed by atoms with Crippen molar-refractivity contribution in [3.8, 4) is 0 Å². The highest BCUT2D eigenvalue weighted by Gasteiger charge is 2.47. The molecule has 2 amide bonds. The number of piperazine rings is 1. The van der Waals surface area contributed by atoms with Crippen molar-refractivity contribution in [1.29, 1.82) is 0 Å². The number of rotatable bonds is 14. The smallest absolute Gasteiger partial charge is 0.328 e. The lowest BCUT2D eigenvalue weighted by molar-refractivity contribution is -0.160. The molecular formula is C39H54N4O8. The van der Waals surface area contributed by atoms with E-state index in [2.05, 4.69) is 16.8 Å². The SMILES string of the molecule is C=C1[C@H](C)N([C@@H](CCc2ccccc2)C(=O)OCC)C(=O)C2CCCN12.C[C@H](NC(CCc1ccccc1)C(O)O)C(=O)N1CCC[C@H]1C(=O)O. The van der Waals surface area contributed by atoms with Crippen LogP contribution in [0.4, 0.5) is 0 Å². The minimum atomic E-state index is -1.60. The lowest BCUT2D eigenvalue weighted by Gasteiger charge is -2.46. The minimum absolute atomic E-state index is 0.0357. The number of aryl methyl sites for hydroxylation is 2. The fraction of sp³-hybridized carbons (Fsp3) is 0.538. The van der Waals surface area contributed by atoms with Crippen LogP contribution in [0.25, 0.3) is 0 Å². The predicted octanol–water partition coefficient (Wildman–Crippen LogP) is 3.11. The van der Waals surface area contributed by atoms with Gasteiger partial charge in [0.1, 0.15) is 18.1 Å². The van der Waals surface area contributed by atoms with Crippen LogP contribution in [0.2, 0.25) is 0 Å². The first-order valence-corrected chi connectivity index (χ1v) is 18.1. The Kier molecular flexibility index (Phi) is 14.6. The van der Waals surface area contributed by atoms with Crippen molar-refractivity contribution in [3.63, 3.8) is 0 Å². The molecule has 3 saturated heterocycles. The average Bonchev–Trinajstić information content (AvgIpc) is 3.83. The fourth-order valence-electron chi connectivity index (χ4n) is 7.32. The Balaban J connectivity index is 0.000000229. The van der Waals surface area contributed by atoms with Gasteiger partial charge in [0.05, 0.1) is 24.7 Å². The van der Waals surface area contributed by atoms with Gasteiger partial charge in [-0.05, 0) is 83.3 Å². The molecule has 0 radical (unpaired) electrons. The predicted molar refractivity (Wildman–Crippen MR) is 192 cm³/mol. The molecule has 2 unspecified atom stereocenters. The highest BCUT2D eigenvalue weighted by atomic mass is 16.5. The van der Waals surface area contributed by atoms with Crippen LogP contribution >= 0.6 is 0 Å². The van der Waals surface area contributed by atoms with Gasteiger partial charge in [-0.1, -0.05) is 67.2 Å². The van der Waals surface area contributed by atoms with Gasteiger partial charge in [-0.3, -0.25) is 14.9 Å². The number of amides is 2. The number of carbonyl (C=O) groups excluding carboxylic acids is 3. The quantitative estimate of drug-likeness (QED) is 0.170. The van der Waals surface area contributed by atoms with E-state index >= 15 is 0 Å². The molecule has 5 rings (SSSR count). The van der Waals surface area contributed by atoms with Gasteiger partial charge < -0.3 is 34.8 Å². The normalized spacial score (nSPS) is 21.8. The van der Waals surface area contributed by atoms with E-state index in [4.69, 9.17) is 4.74 Å². The molecule has 3 aliphatic heterocycles. The van der Waals surface area contributed by atoms with Crippen molar-refractivity contribution in [2.75, 3.05) is 19.7 Å². The van der Waals surface area contributed by atoms with E-state index < -0.39 is 36.4 Å². The number of nitrogens with zero attached hydrogens (tertiary/aromatic N) is 3. The van der Waals surface area contributed by atoms with E-state index in [1.54, 1.807) is 18.7 Å². The Hall–Kier alpha value is -4.26. The number of hydrogen-bond acceptors (Lipinski definition) is 9. The van der Waals surface area contributed by atoms with Gasteiger partial charge in [0.2, 0.25) is 11.8 Å². The first-order valence-electron chi connectivity index (χ1n) is 18.1. The Morgan fingerprint density at radius 3 is 2.10 bits per heavy atom. The number of esters is 1. The largest absolute Gasteiger partial charge is 0.480 e. The molecule has 6 atom stereocenters. The lowest BCUT2D eigenvalue weighted by atomic mass is 9.97. The van der Waals surface area contributed by atoms with E-state index in [1.165, 1.54) is 4.90 Å². The summed E-state index contributed by atoms with van der Waals surface area (Å²) in [7, 11) is 0. The molecule has 3 heterocycles. The number of aliphatic hydroxyl groups excluding tert-OH is 1. The average molecular weight is 707 g/mol. The third kappa shape index (κ3) is 10.2. The van der Waals surface area contributed by atoms with Crippen molar-refractivity contribution in [2.24, 2.45) is 0 Å². The molecule has 0 spiro atoms. The van der Waals surface area contributed by atoms with Crippen molar-refractivity contribution >= 4 is 23.8 Å². The van der Waals surface area contributed by atoms with Crippen molar-refractivity contribution < 1.29 is 39.2 Å². The second-order valence-corrected chi connectivity index (χ2v) is 13.5. The third-order valence-electron chi connectivity index (χ3n) is 10.1. The maximum absolute atomic E-state index is 13.2. The van der Waals surface area contributed by atoms with Crippen molar-refractivity contribution in [2.45, 2.75) is 115 Å². The number of benzene rings is 2. The second-order valence-electron chi connectivity index (χ2n) is 13.5. The van der Waals surface area contributed by atoms with Crippen LogP contribution in [-0.2, 0) is 36.8 Å². The maximum atomic E-state index is 13.2. The molecule has 12 nitrogen and oxygen atoms in total. The summed E-state index contributed by atoms with van der Waals surface area (Å²) in [6.45, 7) is 11.2. The van der Waals surface area contributed by atoms with Crippen LogP contribution in [0.1, 0.15) is 70.4 Å². The van der Waals surface area contributed by atoms with Crippen LogP contribution in [0.5, 0.6) is 0 Å². The maximum Gasteiger partial charge on any atom is 0.328 e. The monoisotopic (exact) mass is 706 g/mol. The summed E-state index contributed by atoms with van der Waals surface area (Å²) in [6.07, 6.45) is 3.69. The van der Waals surface area contributed by atoms with Gasteiger partial charge in [-0.2, -0.15) is 0 Å². The molecule has 3 fully saturated rings. The zero-order valence-electron chi connectivity index (χ0n) is 30.0. The number of carbonyl (C=O) groups is 4. The Morgan fingerprint density at radius 1 is 0.941 bits per heavy atom. The summed E-state index contributed by atoms with van der Waals surface area (Å²) in [5, 5.41) is 31.3. The van der Waals surface area contributed by atoms with Gasteiger partial charge >= 0.3 is 11.9 Å². The van der Waals surface area contributed by atoms with Gasteiger partial charge in [-0.25, -0.2) is 9.59 Å². The summed E-state index contributed by atoms with van der Waals surface area (Å²) in [6, 6.07) is 16.6. The molecular weight excluding hydrogens is 652 g/mol. The molecule has 2 aromatic carbocycles. The summed E-state index contributed by atoms with van der Waals surface area (Å²) in [5.74, 6) is -1.60. The molecule has 0 aromatic heterocycles. The topological polar surface area (TPSA) is 160 Å². The zero-order chi connectivity index (χ0) is 37.1. The highest BCUT2D eigenvalue weighted by Crippen LogP contribution is 2.34. The summed E-state index contributed by atoms with van der Waals surface area (Å²) < 4.78 is 5.31. The van der Waals surface area contributed by atoms with Gasteiger partial charge in [0, 0.05) is 18.8 Å². The van der Waals surface area contributed by atoms with Crippen LogP contribution in [0.3, 0.4) is 0 Å². The number of aliphatic hydroxyl groups is 2. The van der Waals surface area contributed by atoms with Gasteiger partial charge in [0.25, 0.3) is 0 Å². The van der Waals surface area contributed by atoms with Crippen LogP contribution in [-0.4, -0.2) is 116 Å². The van der Waals surface area contributed by atoms with E-state index in [0.29, 0.717) is 45.3 Å². The minimum Gasteiger partial charge on any atom is -0.480 e. The number of nitrogens with one attached hydrogen (secondary N) is 1.